The van der Waals surface area contributed by atoms with Crippen LogP contribution in [0.25, 0.3) is 0 Å². The summed E-state index contributed by atoms with van der Waals surface area (Å²) in [7, 11) is 0. The highest BCUT2D eigenvalue weighted by atomic mass is 16.5. The quantitative estimate of drug-likeness (QED) is 0.851. The van der Waals surface area contributed by atoms with E-state index >= 15 is 0 Å². The van der Waals surface area contributed by atoms with E-state index in [1.807, 2.05) is 38.1 Å². The minimum atomic E-state index is -0.302. The summed E-state index contributed by atoms with van der Waals surface area (Å²) in [4.78, 5) is 15.8. The summed E-state index contributed by atoms with van der Waals surface area (Å²) < 4.78 is 10.5. The first-order valence-corrected chi connectivity index (χ1v) is 7.06. The summed E-state index contributed by atoms with van der Waals surface area (Å²) in [6, 6.07) is 7.32. The lowest BCUT2D eigenvalue weighted by molar-refractivity contribution is 0.225. The van der Waals surface area contributed by atoms with Crippen molar-refractivity contribution in [3.8, 4) is 5.75 Å². The van der Waals surface area contributed by atoms with E-state index in [4.69, 9.17) is 9.26 Å². The predicted molar refractivity (Wildman–Crippen MR) is 80.5 cm³/mol. The molecule has 2 rings (SSSR count). The zero-order valence-electron chi connectivity index (χ0n) is 12.9. The summed E-state index contributed by atoms with van der Waals surface area (Å²) in [6.07, 6.45) is 0. The molecule has 0 radical (unpaired) electrons. The molecule has 0 saturated carbocycles. The standard InChI is InChI=1S/C15H20N4O3/c1-10-6-4-5-7-13(10)21-9-11(2)17-15(20)16-8-14-18-12(3)22-19-14/h4-7,11H,8-9H2,1-3H3,(H2,16,17,20). The lowest BCUT2D eigenvalue weighted by atomic mass is 10.2. The number of para-hydroxylation sites is 1. The fourth-order valence-electron chi connectivity index (χ4n) is 1.82. The molecule has 7 nitrogen and oxygen atoms in total. The number of urea groups is 1. The number of benzene rings is 1. The molecule has 0 aliphatic carbocycles. The lowest BCUT2D eigenvalue weighted by Gasteiger charge is -2.16. The molecule has 0 spiro atoms. The second-order valence-corrected chi connectivity index (χ2v) is 5.03. The molecule has 2 aromatic rings. The maximum absolute atomic E-state index is 11.7. The first-order chi connectivity index (χ1) is 10.5. The Kier molecular flexibility index (Phi) is 5.35. The maximum atomic E-state index is 11.7. The van der Waals surface area contributed by atoms with Crippen LogP contribution in [0.1, 0.15) is 24.2 Å². The van der Waals surface area contributed by atoms with Gasteiger partial charge in [0.1, 0.15) is 12.4 Å². The van der Waals surface area contributed by atoms with E-state index in [9.17, 15) is 4.79 Å². The van der Waals surface area contributed by atoms with Gasteiger partial charge in [0.15, 0.2) is 5.82 Å². The second-order valence-electron chi connectivity index (χ2n) is 5.03. The van der Waals surface area contributed by atoms with Crippen molar-refractivity contribution in [3.05, 3.63) is 41.5 Å². The van der Waals surface area contributed by atoms with Crippen LogP contribution in [0.5, 0.6) is 5.75 Å². The van der Waals surface area contributed by atoms with Crippen LogP contribution in [0.3, 0.4) is 0 Å². The molecule has 1 aromatic carbocycles. The number of aryl methyl sites for hydroxylation is 2. The largest absolute Gasteiger partial charge is 0.491 e. The van der Waals surface area contributed by atoms with E-state index in [1.165, 1.54) is 0 Å². The highest BCUT2D eigenvalue weighted by Crippen LogP contribution is 2.16. The highest BCUT2D eigenvalue weighted by Gasteiger charge is 2.10. The van der Waals surface area contributed by atoms with Crippen LogP contribution in [-0.2, 0) is 6.54 Å². The average molecular weight is 304 g/mol. The Morgan fingerprint density at radius 1 is 1.36 bits per heavy atom. The Bertz CT molecular complexity index is 627. The highest BCUT2D eigenvalue weighted by molar-refractivity contribution is 5.74. The summed E-state index contributed by atoms with van der Waals surface area (Å²) in [5.74, 6) is 1.73. The van der Waals surface area contributed by atoms with Crippen LogP contribution in [0.15, 0.2) is 28.8 Å². The van der Waals surface area contributed by atoms with Gasteiger partial charge in [-0.05, 0) is 25.5 Å². The summed E-state index contributed by atoms with van der Waals surface area (Å²) in [5.41, 5.74) is 1.06. The van der Waals surface area contributed by atoms with Crippen molar-refractivity contribution in [1.82, 2.24) is 20.8 Å². The Labute approximate surface area is 129 Å². The van der Waals surface area contributed by atoms with E-state index < -0.39 is 0 Å². The zero-order chi connectivity index (χ0) is 15.9. The van der Waals surface area contributed by atoms with Crippen LogP contribution < -0.4 is 15.4 Å². The molecule has 0 saturated heterocycles. The summed E-state index contributed by atoms with van der Waals surface area (Å²) in [5, 5.41) is 9.15. The zero-order valence-corrected chi connectivity index (χ0v) is 12.9. The smallest absolute Gasteiger partial charge is 0.315 e. The average Bonchev–Trinajstić information content (AvgIpc) is 2.90. The van der Waals surface area contributed by atoms with Gasteiger partial charge < -0.3 is 19.9 Å². The minimum Gasteiger partial charge on any atom is -0.491 e. The third-order valence-corrected chi connectivity index (χ3v) is 2.94. The van der Waals surface area contributed by atoms with Crippen LogP contribution in [0.4, 0.5) is 4.79 Å². The molecule has 22 heavy (non-hydrogen) atoms. The number of nitrogens with one attached hydrogen (secondary N) is 2. The van der Waals surface area contributed by atoms with Crippen molar-refractivity contribution in [3.63, 3.8) is 0 Å². The van der Waals surface area contributed by atoms with Gasteiger partial charge in [-0.25, -0.2) is 4.79 Å². The fraction of sp³-hybridized carbons (Fsp3) is 0.400. The predicted octanol–water partition coefficient (Wildman–Crippen LogP) is 1.95. The first-order valence-electron chi connectivity index (χ1n) is 7.06. The van der Waals surface area contributed by atoms with Gasteiger partial charge in [0.2, 0.25) is 5.89 Å². The Hall–Kier alpha value is -2.57. The molecule has 0 aliphatic heterocycles. The van der Waals surface area contributed by atoms with Crippen molar-refractivity contribution in [2.24, 2.45) is 0 Å². The van der Waals surface area contributed by atoms with Gasteiger partial charge in [-0.15, -0.1) is 0 Å². The molecular formula is C15H20N4O3. The Morgan fingerprint density at radius 2 is 2.14 bits per heavy atom. The van der Waals surface area contributed by atoms with Gasteiger partial charge in [-0.3, -0.25) is 0 Å². The number of hydrogen-bond donors (Lipinski definition) is 2. The van der Waals surface area contributed by atoms with Crippen molar-refractivity contribution < 1.29 is 14.1 Å². The van der Waals surface area contributed by atoms with Crippen molar-refractivity contribution in [2.75, 3.05) is 6.61 Å². The SMILES string of the molecule is Cc1nc(CNC(=O)NC(C)COc2ccccc2C)no1. The first kappa shape index (κ1) is 15.8. The van der Waals surface area contributed by atoms with E-state index in [2.05, 4.69) is 20.8 Å². The number of rotatable bonds is 6. The number of carbonyl (C=O) groups is 1. The van der Waals surface area contributed by atoms with Crippen LogP contribution in [-0.4, -0.2) is 28.8 Å². The molecule has 0 fully saturated rings. The van der Waals surface area contributed by atoms with Gasteiger partial charge in [0.25, 0.3) is 0 Å². The molecule has 2 N–H and O–H groups in total. The number of carbonyl (C=O) groups excluding carboxylic acids is 1. The third-order valence-electron chi connectivity index (χ3n) is 2.94. The van der Waals surface area contributed by atoms with E-state index in [0.717, 1.165) is 11.3 Å². The normalized spacial score (nSPS) is 11.8. The van der Waals surface area contributed by atoms with E-state index in [1.54, 1.807) is 6.92 Å². The number of ether oxygens (including phenoxy) is 1. The van der Waals surface area contributed by atoms with E-state index in [0.29, 0.717) is 18.3 Å². The molecule has 0 bridgehead atoms. The minimum absolute atomic E-state index is 0.133. The number of aromatic nitrogens is 2. The summed E-state index contributed by atoms with van der Waals surface area (Å²) in [6.45, 7) is 6.15. The second kappa shape index (κ2) is 7.44. The summed E-state index contributed by atoms with van der Waals surface area (Å²) >= 11 is 0. The maximum Gasteiger partial charge on any atom is 0.315 e. The van der Waals surface area contributed by atoms with Gasteiger partial charge in [0.05, 0.1) is 12.6 Å². The lowest BCUT2D eigenvalue weighted by Crippen LogP contribution is -2.43. The Balaban J connectivity index is 1.71. The van der Waals surface area contributed by atoms with Crippen LogP contribution >= 0.6 is 0 Å². The van der Waals surface area contributed by atoms with Crippen molar-refractivity contribution in [1.29, 1.82) is 0 Å². The van der Waals surface area contributed by atoms with Gasteiger partial charge in [-0.2, -0.15) is 4.98 Å². The Morgan fingerprint density at radius 3 is 2.82 bits per heavy atom. The van der Waals surface area contributed by atoms with E-state index in [-0.39, 0.29) is 18.6 Å². The molecule has 7 heteroatoms. The van der Waals surface area contributed by atoms with Gasteiger partial charge >= 0.3 is 6.03 Å². The molecule has 0 aliphatic rings. The number of hydrogen-bond acceptors (Lipinski definition) is 5. The topological polar surface area (TPSA) is 89.3 Å². The van der Waals surface area contributed by atoms with Crippen molar-refractivity contribution in [2.45, 2.75) is 33.4 Å². The third kappa shape index (κ3) is 4.76. The van der Waals surface area contributed by atoms with Gasteiger partial charge in [0, 0.05) is 6.92 Å². The van der Waals surface area contributed by atoms with Crippen LogP contribution in [0.2, 0.25) is 0 Å². The molecule has 118 valence electrons. The molecule has 1 unspecified atom stereocenters. The fourth-order valence-corrected chi connectivity index (χ4v) is 1.82. The number of amides is 2. The van der Waals surface area contributed by atoms with Crippen LogP contribution in [0, 0.1) is 13.8 Å². The molecular weight excluding hydrogens is 284 g/mol. The van der Waals surface area contributed by atoms with Gasteiger partial charge in [-0.1, -0.05) is 23.4 Å². The van der Waals surface area contributed by atoms with Crippen molar-refractivity contribution >= 4 is 6.03 Å². The molecule has 1 aromatic heterocycles. The molecule has 1 heterocycles. The number of nitrogens with zero attached hydrogens (tertiary/aromatic N) is 2. The molecule has 2 amide bonds. The monoisotopic (exact) mass is 304 g/mol. The molecule has 1 atom stereocenters.